The first-order valence-electron chi connectivity index (χ1n) is 38.4. The highest BCUT2D eigenvalue weighted by molar-refractivity contribution is 6.01. The molecule has 2 saturated heterocycles. The summed E-state index contributed by atoms with van der Waals surface area (Å²) in [7, 11) is 12.0. The lowest BCUT2D eigenvalue weighted by atomic mass is 9.74. The molecule has 1 spiro atoms. The number of carbonyl (C=O) groups excluding carboxylic acids is 12. The smallest absolute Gasteiger partial charge is 0.419 e. The van der Waals surface area contributed by atoms with E-state index in [2.05, 4.69) is 16.0 Å². The molecule has 10 atom stereocenters. The van der Waals surface area contributed by atoms with E-state index in [9.17, 15) is 45.5 Å². The summed E-state index contributed by atoms with van der Waals surface area (Å²) in [5.41, 5.74) is -3.40. The molecular weight excluding hydrogens is 1460 g/mol. The molecule has 111 heavy (non-hydrogen) atoms. The quantitative estimate of drug-likeness (QED) is 0.135. The highest BCUT2D eigenvalue weighted by Gasteiger charge is 2.54. The van der Waals surface area contributed by atoms with Crippen LogP contribution < -0.4 is 20.7 Å². The summed E-state index contributed by atoms with van der Waals surface area (Å²) in [6, 6.07) is -4.38. The third-order valence-corrected chi connectivity index (χ3v) is 23.0. The number of carbonyl (C=O) groups is 12. The van der Waals surface area contributed by atoms with Crippen molar-refractivity contribution in [1.82, 2.24) is 60.0 Å². The lowest BCUT2D eigenvalue weighted by Gasteiger charge is -2.46. The number of hydrogen-bond donors (Lipinski definition) is 3. The highest BCUT2D eigenvalue weighted by atomic mass is 19.4. The van der Waals surface area contributed by atoms with Crippen molar-refractivity contribution >= 4 is 70.9 Å². The molecule has 2 aromatic rings. The summed E-state index contributed by atoms with van der Waals surface area (Å²) in [6.07, 6.45) is -3.92. The number of ether oxygens (including phenoxy) is 3. The van der Waals surface area contributed by atoms with Crippen LogP contribution in [-0.2, 0) is 92.2 Å². The minimum atomic E-state index is -4.83. The molecule has 2 aromatic carbocycles. The summed E-state index contributed by atoms with van der Waals surface area (Å²) in [6.45, 7) is 3.46. The van der Waals surface area contributed by atoms with E-state index in [1.54, 1.807) is 32.9 Å². The summed E-state index contributed by atoms with van der Waals surface area (Å²) in [5, 5.41) is 8.56. The monoisotopic (exact) mass is 1570 g/mol. The summed E-state index contributed by atoms with van der Waals surface area (Å²) in [4.78, 5) is 193. The first-order valence-corrected chi connectivity index (χ1v) is 38.4. The zero-order chi connectivity index (χ0) is 81.7. The number of benzene rings is 2. The van der Waals surface area contributed by atoms with Crippen LogP contribution >= 0.6 is 0 Å². The first-order chi connectivity index (χ1) is 52.4. The Kier molecular flexibility index (Phi) is 30.1. The Balaban J connectivity index is 1.23. The van der Waals surface area contributed by atoms with E-state index < -0.39 is 198 Å². The van der Waals surface area contributed by atoms with E-state index in [1.165, 1.54) is 87.0 Å². The summed E-state index contributed by atoms with van der Waals surface area (Å²) < 4.78 is 101. The Hall–Kier alpha value is -8.88. The van der Waals surface area contributed by atoms with Crippen LogP contribution in [0.25, 0.3) is 0 Å². The molecule has 0 radical (unpaired) electrons. The van der Waals surface area contributed by atoms with Crippen LogP contribution in [0.5, 0.6) is 5.75 Å². The van der Waals surface area contributed by atoms with Gasteiger partial charge in [0, 0.05) is 95.5 Å². The maximum atomic E-state index is 15.7. The number of hydrogen-bond acceptors (Lipinski definition) is 15. The number of rotatable bonds is 17. The molecule has 12 amide bonds. The minimum absolute atomic E-state index is 0.00495. The number of nitrogens with one attached hydrogen (secondary N) is 3. The van der Waals surface area contributed by atoms with E-state index >= 15 is 38.4 Å². The Morgan fingerprint density at radius 3 is 1.94 bits per heavy atom. The number of amides is 12. The van der Waals surface area contributed by atoms with Crippen molar-refractivity contribution in [3.05, 3.63) is 76.9 Å². The lowest BCUT2D eigenvalue weighted by molar-refractivity contribution is -0.158. The van der Waals surface area contributed by atoms with E-state index in [4.69, 9.17) is 14.2 Å². The predicted octanol–water partition coefficient (Wildman–Crippen LogP) is 5.24. The van der Waals surface area contributed by atoms with Gasteiger partial charge < -0.3 is 74.3 Å². The molecule has 33 heteroatoms. The minimum Gasteiger partial charge on any atom is -0.496 e. The van der Waals surface area contributed by atoms with E-state index in [0.717, 1.165) is 75.9 Å². The van der Waals surface area contributed by atoms with Gasteiger partial charge in [-0.3, -0.25) is 57.5 Å². The number of likely N-dealkylation sites (N-methyl/N-ethyl adjacent to an activating group) is 7. The van der Waals surface area contributed by atoms with Crippen molar-refractivity contribution in [2.75, 3.05) is 109 Å². The van der Waals surface area contributed by atoms with Crippen molar-refractivity contribution in [1.29, 1.82) is 0 Å². The van der Waals surface area contributed by atoms with Crippen LogP contribution in [0.2, 0.25) is 0 Å². The van der Waals surface area contributed by atoms with Crippen LogP contribution in [0.15, 0.2) is 54.6 Å². The second kappa shape index (κ2) is 38.1. The molecule has 0 unspecified atom stereocenters. The molecule has 6 aliphatic rings. The third-order valence-electron chi connectivity index (χ3n) is 23.0. The Labute approximate surface area is 645 Å². The van der Waals surface area contributed by atoms with Gasteiger partial charge in [-0.05, 0) is 124 Å². The third kappa shape index (κ3) is 21.5. The van der Waals surface area contributed by atoms with E-state index in [0.29, 0.717) is 38.5 Å². The van der Waals surface area contributed by atoms with Gasteiger partial charge in [-0.25, -0.2) is 0 Å². The standard InChI is InChI=1S/C78H110F6N12O15/c1-13-47(3)65-73(106)90(6)46-64(99)91(7)56-23-16-15-19-36-95(72(56)105)60(40-49-26-30-52(31-27-49)77(79,80)81)71(104)89(5)45-62(97)85-55(33-29-50-28-32-54(78(82,83)84)61(41-50)110-12)69(102)96-44-53(111-14-2)42-58(96)68(101)87-76(34-20-35-76)75(108)94(10)66(51-21-17-18-22-51)74(107)93(9)59(70(103)88(4)37-38-109-11)43-63(98)92(8)57(67(100)86-65)39-48-24-25-48/h15-16,26-28,30-32,41,47-48,51,53,55-60,65-66H,13-14,17-25,29,33-40,42-46H2,1-12H3,(H,85,97)(H,86,100)(H,87,101)/b16-15-/t47-,53+,55-,56-,57-,58-,59-,60-,65-,66-/m0/s1. The topological polar surface area (TPSA) is 298 Å². The largest absolute Gasteiger partial charge is 0.496 e. The van der Waals surface area contributed by atoms with Crippen molar-refractivity contribution in [2.24, 2.45) is 17.8 Å². The Morgan fingerprint density at radius 1 is 0.685 bits per heavy atom. The number of methoxy groups -OCH3 is 2. The molecule has 0 aromatic heterocycles. The Morgan fingerprint density at radius 2 is 1.34 bits per heavy atom. The fourth-order valence-corrected chi connectivity index (χ4v) is 15.6. The van der Waals surface area contributed by atoms with Crippen molar-refractivity contribution in [3.63, 3.8) is 0 Å². The number of aryl methyl sites for hydroxylation is 1. The van der Waals surface area contributed by atoms with Gasteiger partial charge in [0.2, 0.25) is 70.9 Å². The molecule has 3 heterocycles. The fraction of sp³-hybridized carbons (Fsp3) is 0.667. The molecular formula is C78H110F6N12O15. The number of halogens is 6. The zero-order valence-electron chi connectivity index (χ0n) is 65.7. The fourth-order valence-electron chi connectivity index (χ4n) is 15.6. The molecule has 3 aliphatic carbocycles. The normalized spacial score (nSPS) is 26.3. The number of fused-ring (bicyclic) bond motifs is 3. The van der Waals surface area contributed by atoms with Crippen molar-refractivity contribution in [2.45, 2.75) is 209 Å². The second-order valence-corrected chi connectivity index (χ2v) is 30.7. The SMILES string of the molecule is CCO[C@@H]1C[C@H]2C(=O)NC3(CCC3)C(=O)N(C)[C@@H](C3CCCC3)C(=O)N(C)[C@H](C(=O)N(C)CCOC)CC(=O)N(C)[C@@H](CC3CC3)C(=O)N[C@@H]([C@@H](C)CC)C(=O)N(C)CC(=O)N(C)[C@H]3C/C=C\CCN(C3=O)[C@@H](Cc3ccc(C(F)(F)F)cc3)C(=O)N(C)CC(=O)N[C@@H](CCc3ccc(C(F)(F)F)c(OC)c3)C(=O)N2C1. The number of alkyl halides is 6. The molecule has 5 fully saturated rings. The van der Waals surface area contributed by atoms with Gasteiger partial charge >= 0.3 is 12.4 Å². The maximum Gasteiger partial charge on any atom is 0.419 e. The highest BCUT2D eigenvalue weighted by Crippen LogP contribution is 2.41. The van der Waals surface area contributed by atoms with Gasteiger partial charge in [-0.1, -0.05) is 76.3 Å². The van der Waals surface area contributed by atoms with E-state index in [-0.39, 0.29) is 101 Å². The molecule has 614 valence electrons. The number of nitrogens with zero attached hydrogens (tertiary/aromatic N) is 9. The van der Waals surface area contributed by atoms with Crippen LogP contribution in [0.4, 0.5) is 26.3 Å². The van der Waals surface area contributed by atoms with Gasteiger partial charge in [-0.2, -0.15) is 26.3 Å². The average molecular weight is 1570 g/mol. The molecule has 3 aliphatic heterocycles. The first kappa shape index (κ1) is 87.7. The van der Waals surface area contributed by atoms with Crippen molar-refractivity contribution in [3.8, 4) is 5.75 Å². The van der Waals surface area contributed by atoms with E-state index in [1.807, 2.05) is 0 Å². The molecule has 3 saturated carbocycles. The van der Waals surface area contributed by atoms with Crippen LogP contribution in [0, 0.1) is 17.8 Å². The predicted molar refractivity (Wildman–Crippen MR) is 394 cm³/mol. The van der Waals surface area contributed by atoms with Crippen LogP contribution in [0.1, 0.15) is 146 Å². The zero-order valence-corrected chi connectivity index (χ0v) is 65.7. The Bertz CT molecular complexity index is 3720. The lowest BCUT2D eigenvalue weighted by Crippen LogP contribution is -2.68. The van der Waals surface area contributed by atoms with Gasteiger partial charge in [0.1, 0.15) is 59.6 Å². The molecule has 3 N–H and O–H groups in total. The summed E-state index contributed by atoms with van der Waals surface area (Å²) >= 11 is 0. The second-order valence-electron chi connectivity index (χ2n) is 30.7. The molecule has 2 bridgehead atoms. The average Bonchev–Trinajstić information content (AvgIpc) is 1.74. The van der Waals surface area contributed by atoms with Crippen LogP contribution in [0.3, 0.4) is 0 Å². The maximum absolute atomic E-state index is 15.7. The van der Waals surface area contributed by atoms with Gasteiger partial charge in [-0.15, -0.1) is 0 Å². The van der Waals surface area contributed by atoms with Gasteiger partial charge in [0.05, 0.1) is 50.5 Å². The summed E-state index contributed by atoms with van der Waals surface area (Å²) in [5.74, 6) is -10.9. The van der Waals surface area contributed by atoms with Crippen LogP contribution in [-0.4, -0.2) is 284 Å². The molecule has 27 nitrogen and oxygen atoms in total. The molecule has 8 rings (SSSR count). The van der Waals surface area contributed by atoms with Gasteiger partial charge in [0.25, 0.3) is 0 Å². The van der Waals surface area contributed by atoms with Gasteiger partial charge in [0.15, 0.2) is 0 Å². The van der Waals surface area contributed by atoms with Crippen molar-refractivity contribution < 1.29 is 98.1 Å².